The maximum atomic E-state index is 13.1. The van der Waals surface area contributed by atoms with Crippen LogP contribution in [0.4, 0.5) is 0 Å². The van der Waals surface area contributed by atoms with E-state index in [0.717, 1.165) is 11.1 Å². The predicted octanol–water partition coefficient (Wildman–Crippen LogP) is 2.80. The first kappa shape index (κ1) is 15.9. The summed E-state index contributed by atoms with van der Waals surface area (Å²) < 4.78 is 38.3. The minimum absolute atomic E-state index is 0.310. The van der Waals surface area contributed by atoms with Gasteiger partial charge in [-0.3, -0.25) is 0 Å². The third-order valence-electron chi connectivity index (χ3n) is 5.29. The molecule has 2 aromatic carbocycles. The molecule has 4 nitrogen and oxygen atoms in total. The minimum Gasteiger partial charge on any atom is -0.399 e. The topological polar surface area (TPSA) is 52.6 Å². The molecule has 0 spiro atoms. The lowest BCUT2D eigenvalue weighted by Gasteiger charge is -2.32. The molecule has 0 saturated carbocycles. The predicted molar refractivity (Wildman–Crippen MR) is 93.0 cm³/mol. The van der Waals surface area contributed by atoms with E-state index in [2.05, 4.69) is 0 Å². The fraction of sp³-hybridized carbons (Fsp3) is 0.333. The van der Waals surface area contributed by atoms with Crippen LogP contribution >= 0.6 is 0 Å². The smallest absolute Gasteiger partial charge is 0.399 e. The van der Waals surface area contributed by atoms with Crippen LogP contribution in [0.15, 0.2) is 52.3 Å². The molecule has 0 unspecified atom stereocenters. The maximum Gasteiger partial charge on any atom is 0.496 e. The van der Waals surface area contributed by atoms with Crippen molar-refractivity contribution in [3.63, 3.8) is 0 Å². The molecule has 2 aromatic rings. The molecule has 6 heteroatoms. The molecule has 0 N–H and O–H groups in total. The van der Waals surface area contributed by atoms with Crippen molar-refractivity contribution >= 4 is 22.4 Å². The zero-order valence-electron chi connectivity index (χ0n) is 14.2. The summed E-state index contributed by atoms with van der Waals surface area (Å²) in [5, 5.41) is 0. The van der Waals surface area contributed by atoms with Crippen molar-refractivity contribution in [1.82, 2.24) is 0 Å². The van der Waals surface area contributed by atoms with Crippen molar-refractivity contribution in [2.24, 2.45) is 0 Å². The van der Waals surface area contributed by atoms with E-state index in [0.29, 0.717) is 15.3 Å². The Balaban J connectivity index is 1.92. The average Bonchev–Trinajstić information content (AvgIpc) is 2.88. The van der Waals surface area contributed by atoms with Gasteiger partial charge >= 0.3 is 7.12 Å². The highest BCUT2D eigenvalue weighted by Gasteiger charge is 2.53. The molecule has 0 bridgehead atoms. The number of hydrogen-bond donors (Lipinski definition) is 0. The summed E-state index contributed by atoms with van der Waals surface area (Å²) in [6.45, 7) is 7.83. The molecule has 1 saturated heterocycles. The van der Waals surface area contributed by atoms with Crippen LogP contribution in [0.1, 0.15) is 27.7 Å². The largest absolute Gasteiger partial charge is 0.496 e. The van der Waals surface area contributed by atoms with Crippen molar-refractivity contribution in [3.8, 4) is 11.1 Å². The molecule has 24 heavy (non-hydrogen) atoms. The Labute approximate surface area is 142 Å². The fourth-order valence-corrected chi connectivity index (χ4v) is 5.14. The average molecular weight is 342 g/mol. The second kappa shape index (κ2) is 4.72. The molecule has 2 aliphatic heterocycles. The van der Waals surface area contributed by atoms with Gasteiger partial charge in [0.2, 0.25) is 9.84 Å². The van der Waals surface area contributed by atoms with Gasteiger partial charge in [-0.25, -0.2) is 8.42 Å². The first-order valence-corrected chi connectivity index (χ1v) is 9.46. The molecule has 0 aromatic heterocycles. The fourth-order valence-electron chi connectivity index (χ4n) is 3.26. The van der Waals surface area contributed by atoms with E-state index in [9.17, 15) is 8.42 Å². The molecule has 2 heterocycles. The van der Waals surface area contributed by atoms with E-state index in [1.807, 2.05) is 52.0 Å². The second-order valence-corrected chi connectivity index (χ2v) is 9.17. The highest BCUT2D eigenvalue weighted by atomic mass is 32.2. The highest BCUT2D eigenvalue weighted by Crippen LogP contribution is 2.43. The number of sulfone groups is 1. The molecule has 0 atom stereocenters. The molecule has 124 valence electrons. The van der Waals surface area contributed by atoms with Crippen molar-refractivity contribution in [1.29, 1.82) is 0 Å². The van der Waals surface area contributed by atoms with Crippen LogP contribution in [-0.4, -0.2) is 26.7 Å². The summed E-state index contributed by atoms with van der Waals surface area (Å²) in [4.78, 5) is 0.661. The van der Waals surface area contributed by atoms with E-state index in [1.165, 1.54) is 0 Å². The van der Waals surface area contributed by atoms with E-state index in [4.69, 9.17) is 9.31 Å². The van der Waals surface area contributed by atoms with Crippen LogP contribution < -0.4 is 5.46 Å². The summed E-state index contributed by atoms with van der Waals surface area (Å²) in [5.41, 5.74) is 0.997. The number of fused-ring (bicyclic) bond motifs is 3. The molecule has 0 radical (unpaired) electrons. The molecule has 2 aliphatic rings. The minimum atomic E-state index is -3.57. The first-order valence-electron chi connectivity index (χ1n) is 7.98. The van der Waals surface area contributed by atoms with E-state index in [-0.39, 0.29) is 0 Å². The maximum absolute atomic E-state index is 13.1. The summed E-state index contributed by atoms with van der Waals surface area (Å²) in [6, 6.07) is 12.6. The van der Waals surface area contributed by atoms with Gasteiger partial charge in [-0.05, 0) is 33.8 Å². The van der Waals surface area contributed by atoms with Gasteiger partial charge in [0.15, 0.2) is 0 Å². The van der Waals surface area contributed by atoms with Crippen LogP contribution in [0.25, 0.3) is 11.1 Å². The van der Waals surface area contributed by atoms with E-state index in [1.54, 1.807) is 18.2 Å². The number of hydrogen-bond acceptors (Lipinski definition) is 4. The monoisotopic (exact) mass is 342 g/mol. The summed E-state index contributed by atoms with van der Waals surface area (Å²) in [5.74, 6) is 0. The molecular formula is C18H19BO4S. The van der Waals surface area contributed by atoms with Crippen molar-refractivity contribution < 1.29 is 17.7 Å². The van der Waals surface area contributed by atoms with Crippen LogP contribution in [0.3, 0.4) is 0 Å². The number of benzene rings is 2. The van der Waals surface area contributed by atoms with E-state index >= 15 is 0 Å². The lowest BCUT2D eigenvalue weighted by atomic mass is 9.78. The summed E-state index contributed by atoms with van der Waals surface area (Å²) in [7, 11) is -4.27. The van der Waals surface area contributed by atoms with Crippen LogP contribution in [0.2, 0.25) is 0 Å². The normalized spacial score (nSPS) is 22.2. The van der Waals surface area contributed by atoms with E-state index < -0.39 is 28.2 Å². The van der Waals surface area contributed by atoms with Gasteiger partial charge < -0.3 is 9.31 Å². The van der Waals surface area contributed by atoms with Gasteiger partial charge in [0.05, 0.1) is 21.0 Å². The quantitative estimate of drug-likeness (QED) is 0.638. The molecule has 0 amide bonds. The van der Waals surface area contributed by atoms with Gasteiger partial charge in [0, 0.05) is 16.6 Å². The van der Waals surface area contributed by atoms with Crippen molar-refractivity contribution in [3.05, 3.63) is 42.5 Å². The Kier molecular flexibility index (Phi) is 3.12. The van der Waals surface area contributed by atoms with Crippen LogP contribution in [0, 0.1) is 0 Å². The lowest BCUT2D eigenvalue weighted by molar-refractivity contribution is 0.00578. The Morgan fingerprint density at radius 2 is 1.42 bits per heavy atom. The summed E-state index contributed by atoms with van der Waals surface area (Å²) >= 11 is 0. The van der Waals surface area contributed by atoms with Gasteiger partial charge in [-0.15, -0.1) is 0 Å². The Hall–Kier alpha value is -1.63. The Bertz CT molecular complexity index is 931. The third kappa shape index (κ3) is 1.97. The summed E-state index contributed by atoms with van der Waals surface area (Å²) in [6.07, 6.45) is 0. The van der Waals surface area contributed by atoms with Crippen LogP contribution in [0.5, 0.6) is 0 Å². The molecule has 1 fully saturated rings. The lowest BCUT2D eigenvalue weighted by Crippen LogP contribution is -2.41. The van der Waals surface area contributed by atoms with Gasteiger partial charge in [0.1, 0.15) is 0 Å². The number of rotatable bonds is 1. The van der Waals surface area contributed by atoms with Crippen molar-refractivity contribution in [2.75, 3.05) is 0 Å². The zero-order chi connectivity index (χ0) is 17.3. The van der Waals surface area contributed by atoms with Gasteiger partial charge in [0.25, 0.3) is 0 Å². The zero-order valence-corrected chi connectivity index (χ0v) is 15.0. The standard InChI is InChI=1S/C18H19BO4S/c1-17(2)18(3,4)23-19(22-17)14-10-7-9-13-12-8-5-6-11-15(12)24(20,21)16(13)14/h5-11H,1-4H3. The Morgan fingerprint density at radius 1 is 0.833 bits per heavy atom. The second-order valence-electron chi connectivity index (χ2n) is 7.31. The molecule has 4 rings (SSSR count). The van der Waals surface area contributed by atoms with Gasteiger partial charge in [-0.2, -0.15) is 0 Å². The highest BCUT2D eigenvalue weighted by molar-refractivity contribution is 7.92. The van der Waals surface area contributed by atoms with Gasteiger partial charge in [-0.1, -0.05) is 36.4 Å². The van der Waals surface area contributed by atoms with Crippen LogP contribution in [-0.2, 0) is 19.1 Å². The third-order valence-corrected chi connectivity index (χ3v) is 7.22. The molecule has 0 aliphatic carbocycles. The molecular weight excluding hydrogens is 323 g/mol. The Morgan fingerprint density at radius 3 is 2.08 bits per heavy atom. The SMILES string of the molecule is CC1(C)OB(c2cccc3c2S(=O)(=O)c2ccccc2-3)OC1(C)C. The van der Waals surface area contributed by atoms with Crippen molar-refractivity contribution in [2.45, 2.75) is 48.7 Å². The first-order chi connectivity index (χ1) is 11.2.